The van der Waals surface area contributed by atoms with Crippen LogP contribution in [0, 0.1) is 6.92 Å². The van der Waals surface area contributed by atoms with Crippen LogP contribution in [0.5, 0.6) is 17.2 Å². The van der Waals surface area contributed by atoms with E-state index in [2.05, 4.69) is 0 Å². The highest BCUT2D eigenvalue weighted by Crippen LogP contribution is 2.39. The van der Waals surface area contributed by atoms with Gasteiger partial charge in [0.25, 0.3) is 0 Å². The first kappa shape index (κ1) is 17.9. The molecule has 0 aliphatic carbocycles. The Hall–Kier alpha value is -3.53. The van der Waals surface area contributed by atoms with Gasteiger partial charge in [0.1, 0.15) is 23.9 Å². The lowest BCUT2D eigenvalue weighted by Gasteiger charge is -2.12. The fraction of sp³-hybridized carbons (Fsp3) is 0.125. The smallest absolute Gasteiger partial charge is 0.231 e. The minimum atomic E-state index is -0.110. The number of benzene rings is 3. The molecule has 0 bridgehead atoms. The highest BCUT2D eigenvalue weighted by Gasteiger charge is 2.30. The van der Waals surface area contributed by atoms with Crippen molar-refractivity contribution in [2.75, 3.05) is 7.11 Å². The van der Waals surface area contributed by atoms with E-state index in [4.69, 9.17) is 14.2 Å². The predicted molar refractivity (Wildman–Crippen MR) is 108 cm³/mol. The van der Waals surface area contributed by atoms with Crippen molar-refractivity contribution in [1.82, 2.24) is 0 Å². The van der Waals surface area contributed by atoms with E-state index in [1.54, 1.807) is 19.3 Å². The number of carbonyl (C=O) groups excluding carboxylic acids is 1. The second-order valence-corrected chi connectivity index (χ2v) is 6.56. The van der Waals surface area contributed by atoms with E-state index in [0.29, 0.717) is 29.4 Å². The molecule has 0 saturated carbocycles. The van der Waals surface area contributed by atoms with Crippen molar-refractivity contribution >= 4 is 11.9 Å². The van der Waals surface area contributed by atoms with Gasteiger partial charge < -0.3 is 14.2 Å². The Kier molecular flexibility index (Phi) is 4.85. The van der Waals surface area contributed by atoms with E-state index in [9.17, 15) is 4.79 Å². The van der Waals surface area contributed by atoms with E-state index in [0.717, 1.165) is 22.4 Å². The fourth-order valence-corrected chi connectivity index (χ4v) is 3.15. The molecule has 0 atom stereocenters. The van der Waals surface area contributed by atoms with Crippen molar-refractivity contribution in [1.29, 1.82) is 0 Å². The van der Waals surface area contributed by atoms with E-state index in [-0.39, 0.29) is 5.78 Å². The number of ether oxygens (including phenoxy) is 3. The number of fused-ring (bicyclic) bond motifs is 1. The van der Waals surface area contributed by atoms with Crippen LogP contribution in [0.1, 0.15) is 27.0 Å². The van der Waals surface area contributed by atoms with Gasteiger partial charge in [-0.2, -0.15) is 0 Å². The number of allylic oxidation sites excluding steroid dienone is 1. The molecule has 28 heavy (non-hydrogen) atoms. The van der Waals surface area contributed by atoms with Crippen molar-refractivity contribution in [2.45, 2.75) is 13.5 Å². The molecular formula is C24H20O4. The molecule has 0 aromatic heterocycles. The monoisotopic (exact) mass is 372 g/mol. The lowest BCUT2D eigenvalue weighted by Crippen LogP contribution is -1.99. The number of hydrogen-bond acceptors (Lipinski definition) is 4. The molecule has 1 heterocycles. The van der Waals surface area contributed by atoms with E-state index >= 15 is 0 Å². The minimum Gasteiger partial charge on any atom is -0.497 e. The highest BCUT2D eigenvalue weighted by atomic mass is 16.5. The van der Waals surface area contributed by atoms with Crippen molar-refractivity contribution in [3.63, 3.8) is 0 Å². The number of ketones is 1. The first-order valence-corrected chi connectivity index (χ1v) is 9.04. The maximum atomic E-state index is 12.7. The van der Waals surface area contributed by atoms with Crippen molar-refractivity contribution in [2.24, 2.45) is 0 Å². The standard InChI is InChI=1S/C24H20O4/c1-16-21(27-15-18-9-6-10-19(13-18)26-2)12-11-20-23(25)22(28-24(16)20)14-17-7-4-3-5-8-17/h3-14H,15H2,1-2H3/b22-14-. The molecule has 0 unspecified atom stereocenters. The van der Waals surface area contributed by atoms with Crippen LogP contribution in [0.2, 0.25) is 0 Å². The van der Waals surface area contributed by atoms with Gasteiger partial charge in [-0.15, -0.1) is 0 Å². The zero-order valence-electron chi connectivity index (χ0n) is 15.8. The molecule has 4 nitrogen and oxygen atoms in total. The van der Waals surface area contributed by atoms with Crippen LogP contribution in [0.25, 0.3) is 6.08 Å². The number of carbonyl (C=O) groups is 1. The van der Waals surface area contributed by atoms with E-state index < -0.39 is 0 Å². The van der Waals surface area contributed by atoms with Crippen LogP contribution < -0.4 is 14.2 Å². The molecule has 0 saturated heterocycles. The molecule has 0 N–H and O–H groups in total. The predicted octanol–water partition coefficient (Wildman–Crippen LogP) is 5.20. The summed E-state index contributed by atoms with van der Waals surface area (Å²) in [6.07, 6.45) is 1.76. The third kappa shape index (κ3) is 3.49. The fourth-order valence-electron chi connectivity index (χ4n) is 3.15. The largest absolute Gasteiger partial charge is 0.497 e. The topological polar surface area (TPSA) is 44.8 Å². The summed E-state index contributed by atoms with van der Waals surface area (Å²) in [5.41, 5.74) is 3.30. The summed E-state index contributed by atoms with van der Waals surface area (Å²) in [6, 6.07) is 21.0. The molecule has 3 aromatic rings. The molecule has 3 aromatic carbocycles. The summed E-state index contributed by atoms with van der Waals surface area (Å²) in [5, 5.41) is 0. The molecule has 0 amide bonds. The number of methoxy groups -OCH3 is 1. The van der Waals surface area contributed by atoms with Gasteiger partial charge in [0.05, 0.1) is 12.7 Å². The Labute approximate surface area is 164 Å². The highest BCUT2D eigenvalue weighted by molar-refractivity contribution is 6.14. The van der Waals surface area contributed by atoms with E-state index in [1.165, 1.54) is 0 Å². The van der Waals surface area contributed by atoms with Crippen molar-refractivity contribution in [3.8, 4) is 17.2 Å². The normalized spacial score (nSPS) is 13.9. The minimum absolute atomic E-state index is 0.110. The number of rotatable bonds is 5. The van der Waals surface area contributed by atoms with Crippen LogP contribution in [-0.2, 0) is 6.61 Å². The van der Waals surface area contributed by atoms with E-state index in [1.807, 2.05) is 67.6 Å². The summed E-state index contributed by atoms with van der Waals surface area (Å²) in [4.78, 5) is 12.7. The molecular weight excluding hydrogens is 352 g/mol. The van der Waals surface area contributed by atoms with Crippen LogP contribution in [-0.4, -0.2) is 12.9 Å². The molecule has 0 fully saturated rings. The molecule has 4 heteroatoms. The quantitative estimate of drug-likeness (QED) is 0.578. The zero-order chi connectivity index (χ0) is 19.5. The Balaban J connectivity index is 1.56. The van der Waals surface area contributed by atoms with Gasteiger partial charge >= 0.3 is 0 Å². The maximum Gasteiger partial charge on any atom is 0.231 e. The average Bonchev–Trinajstić information content (AvgIpc) is 3.05. The third-order valence-electron chi connectivity index (χ3n) is 4.66. The van der Waals surface area contributed by atoms with Crippen molar-refractivity contribution in [3.05, 3.63) is 94.7 Å². The van der Waals surface area contributed by atoms with Gasteiger partial charge in [-0.05, 0) is 48.4 Å². The average molecular weight is 372 g/mol. The Morgan fingerprint density at radius 1 is 1.00 bits per heavy atom. The summed E-state index contributed by atoms with van der Waals surface area (Å²) < 4.78 is 17.1. The Morgan fingerprint density at radius 2 is 1.82 bits per heavy atom. The van der Waals surface area contributed by atoms with Crippen molar-refractivity contribution < 1.29 is 19.0 Å². The Bertz CT molecular complexity index is 1050. The van der Waals surface area contributed by atoms with Gasteiger partial charge in [-0.3, -0.25) is 4.79 Å². The first-order valence-electron chi connectivity index (χ1n) is 9.04. The maximum absolute atomic E-state index is 12.7. The van der Waals surface area contributed by atoms with Gasteiger partial charge in [-0.25, -0.2) is 0 Å². The van der Waals surface area contributed by atoms with Crippen LogP contribution >= 0.6 is 0 Å². The summed E-state index contributed by atoms with van der Waals surface area (Å²) in [7, 11) is 1.64. The van der Waals surface area contributed by atoms with Gasteiger partial charge in [0, 0.05) is 5.56 Å². The molecule has 1 aliphatic heterocycles. The molecule has 0 radical (unpaired) electrons. The lowest BCUT2D eigenvalue weighted by molar-refractivity contribution is 0.101. The lowest BCUT2D eigenvalue weighted by atomic mass is 10.1. The third-order valence-corrected chi connectivity index (χ3v) is 4.66. The molecule has 0 spiro atoms. The summed E-state index contributed by atoms with van der Waals surface area (Å²) in [6.45, 7) is 2.30. The second-order valence-electron chi connectivity index (χ2n) is 6.56. The second kappa shape index (κ2) is 7.61. The SMILES string of the molecule is COc1cccc(COc2ccc3c(c2C)O/C(=C\c2ccccc2)C3=O)c1. The molecule has 140 valence electrons. The van der Waals surface area contributed by atoms with Crippen LogP contribution in [0.3, 0.4) is 0 Å². The van der Waals surface area contributed by atoms with Gasteiger partial charge in [0.2, 0.25) is 5.78 Å². The molecule has 4 rings (SSSR count). The van der Waals surface area contributed by atoms with Crippen LogP contribution in [0.15, 0.2) is 72.5 Å². The van der Waals surface area contributed by atoms with Gasteiger partial charge in [-0.1, -0.05) is 42.5 Å². The summed E-state index contributed by atoms with van der Waals surface area (Å²) in [5.74, 6) is 2.26. The zero-order valence-corrected chi connectivity index (χ0v) is 15.8. The first-order chi connectivity index (χ1) is 13.7. The number of hydrogen-bond donors (Lipinski definition) is 0. The number of Topliss-reactive ketones (excluding diaryl/α,β-unsaturated/α-hetero) is 1. The van der Waals surface area contributed by atoms with Gasteiger partial charge in [0.15, 0.2) is 5.76 Å². The Morgan fingerprint density at radius 3 is 2.61 bits per heavy atom. The molecule has 1 aliphatic rings. The summed E-state index contributed by atoms with van der Waals surface area (Å²) >= 11 is 0. The van der Waals surface area contributed by atoms with Crippen LogP contribution in [0.4, 0.5) is 0 Å².